The summed E-state index contributed by atoms with van der Waals surface area (Å²) in [5.41, 5.74) is 1.39. The van der Waals surface area contributed by atoms with Crippen LogP contribution in [0.3, 0.4) is 0 Å². The second-order valence-corrected chi connectivity index (χ2v) is 14.0. The number of benzene rings is 3. The van der Waals surface area contributed by atoms with Gasteiger partial charge in [0.1, 0.15) is 30.4 Å². The van der Waals surface area contributed by atoms with Gasteiger partial charge < -0.3 is 29.7 Å². The molecule has 1 spiro atoms. The predicted molar refractivity (Wildman–Crippen MR) is 198 cm³/mol. The average Bonchev–Trinajstić information content (AvgIpc) is 3.96. The molecule has 13 heteroatoms. The van der Waals surface area contributed by atoms with Gasteiger partial charge in [0.2, 0.25) is 17.7 Å². The van der Waals surface area contributed by atoms with Crippen LogP contribution in [0.2, 0.25) is 0 Å². The van der Waals surface area contributed by atoms with Crippen molar-refractivity contribution in [3.05, 3.63) is 121 Å². The molecule has 2 bridgehead atoms. The Labute approximate surface area is 313 Å². The SMILES string of the molecule is C=CCCC(=O)OC[C@H](NC(=O)[C@@H]1[C@H]2C(=O)N([C@H](CO)c3ccccc3)[C@H](C(=O)N(CC=C)Cn3nnc4ccccc43)[C@]23CC[C@H]1O3)c1ccccc1. The number of amides is 3. The highest BCUT2D eigenvalue weighted by Gasteiger charge is 2.75. The largest absolute Gasteiger partial charge is 0.463 e. The highest BCUT2D eigenvalue weighted by molar-refractivity contribution is 5.99. The molecule has 7 rings (SSSR count). The summed E-state index contributed by atoms with van der Waals surface area (Å²) in [5.74, 6) is -3.70. The first-order chi connectivity index (χ1) is 26.3. The predicted octanol–water partition coefficient (Wildman–Crippen LogP) is 3.88. The zero-order valence-electron chi connectivity index (χ0n) is 29.9. The van der Waals surface area contributed by atoms with Crippen molar-refractivity contribution < 1.29 is 33.8 Å². The number of aliphatic hydroxyl groups is 1. The van der Waals surface area contributed by atoms with Crippen LogP contribution in [0.5, 0.6) is 0 Å². The Morgan fingerprint density at radius 1 is 1.02 bits per heavy atom. The first-order valence-electron chi connectivity index (χ1n) is 18.3. The minimum atomic E-state index is -1.35. The lowest BCUT2D eigenvalue weighted by molar-refractivity contribution is -0.152. The van der Waals surface area contributed by atoms with E-state index in [0.717, 1.165) is 11.1 Å². The summed E-state index contributed by atoms with van der Waals surface area (Å²) in [6, 6.07) is 22.8. The maximum absolute atomic E-state index is 15.1. The molecule has 3 saturated heterocycles. The Balaban J connectivity index is 1.24. The Kier molecular flexibility index (Phi) is 10.7. The molecule has 0 unspecified atom stereocenters. The van der Waals surface area contributed by atoms with Gasteiger partial charge in [-0.1, -0.05) is 90.2 Å². The summed E-state index contributed by atoms with van der Waals surface area (Å²) in [4.78, 5) is 60.0. The van der Waals surface area contributed by atoms with Crippen LogP contribution in [0.15, 0.2) is 110 Å². The Hall–Kier alpha value is -5.66. The minimum Gasteiger partial charge on any atom is -0.463 e. The van der Waals surface area contributed by atoms with Gasteiger partial charge in [0.15, 0.2) is 0 Å². The van der Waals surface area contributed by atoms with Gasteiger partial charge in [0, 0.05) is 13.0 Å². The number of nitrogens with one attached hydrogen (secondary N) is 1. The van der Waals surface area contributed by atoms with Crippen molar-refractivity contribution in [2.24, 2.45) is 11.8 Å². The number of fused-ring (bicyclic) bond motifs is 2. The molecule has 3 amide bonds. The van der Waals surface area contributed by atoms with Crippen LogP contribution in [0.1, 0.15) is 48.9 Å². The molecular formula is C41H44N6O7. The van der Waals surface area contributed by atoms with Crippen LogP contribution in [0, 0.1) is 11.8 Å². The molecule has 4 aromatic rings. The van der Waals surface area contributed by atoms with Gasteiger partial charge in [-0.05, 0) is 42.5 Å². The lowest BCUT2D eigenvalue weighted by atomic mass is 9.70. The lowest BCUT2D eigenvalue weighted by Gasteiger charge is -2.39. The van der Waals surface area contributed by atoms with Crippen molar-refractivity contribution in [3.63, 3.8) is 0 Å². The third kappa shape index (κ3) is 6.69. The Morgan fingerprint density at radius 2 is 1.72 bits per heavy atom. The quantitative estimate of drug-likeness (QED) is 0.129. The molecule has 2 N–H and O–H groups in total. The fourth-order valence-corrected chi connectivity index (χ4v) is 8.41. The molecule has 3 fully saturated rings. The smallest absolute Gasteiger partial charge is 0.306 e. The Bertz CT molecular complexity index is 2020. The molecule has 0 saturated carbocycles. The summed E-state index contributed by atoms with van der Waals surface area (Å²) >= 11 is 0. The standard InChI is InChI=1S/C41H44N6O7/c1-3-5-20-34(49)53-25-30(27-14-8-6-9-15-27)42-38(50)35-33-21-22-41(54-33)36(35)39(51)47(32(24-48)28-16-10-7-11-17-28)37(41)40(52)45(23-4-2)26-46-31-19-13-12-18-29(31)43-44-46/h3-4,6-19,30,32-33,35-37,48H,1-2,5,20-26H2,(H,42,50)/t30-,32+,33+,35-,36-,37+,41-/m0/s1. The number of carbonyl (C=O) groups excluding carboxylic acids is 4. The molecule has 3 aliphatic heterocycles. The van der Waals surface area contributed by atoms with Crippen LogP contribution in [0.25, 0.3) is 11.0 Å². The van der Waals surface area contributed by atoms with Crippen LogP contribution >= 0.6 is 0 Å². The van der Waals surface area contributed by atoms with Crippen LogP contribution in [0.4, 0.5) is 0 Å². The van der Waals surface area contributed by atoms with Crippen molar-refractivity contribution in [1.29, 1.82) is 0 Å². The van der Waals surface area contributed by atoms with Gasteiger partial charge in [-0.3, -0.25) is 19.2 Å². The molecule has 54 heavy (non-hydrogen) atoms. The number of carbonyl (C=O) groups is 4. The molecule has 3 aromatic carbocycles. The van der Waals surface area contributed by atoms with Gasteiger partial charge in [0.25, 0.3) is 0 Å². The molecular weight excluding hydrogens is 688 g/mol. The fourth-order valence-electron chi connectivity index (χ4n) is 8.41. The highest BCUT2D eigenvalue weighted by Crippen LogP contribution is 2.60. The molecule has 7 atom stereocenters. The normalized spacial score (nSPS) is 23.8. The minimum absolute atomic E-state index is 0.0113. The van der Waals surface area contributed by atoms with Gasteiger partial charge in [0.05, 0.1) is 42.1 Å². The van der Waals surface area contributed by atoms with E-state index in [2.05, 4.69) is 28.8 Å². The van der Waals surface area contributed by atoms with Crippen molar-refractivity contribution in [2.75, 3.05) is 19.8 Å². The van der Waals surface area contributed by atoms with E-state index in [9.17, 15) is 19.5 Å². The fraction of sp³-hybridized carbons (Fsp3) is 0.366. The number of hydrogen-bond donors (Lipinski definition) is 2. The molecule has 280 valence electrons. The van der Waals surface area contributed by atoms with E-state index in [0.29, 0.717) is 30.3 Å². The molecule has 4 heterocycles. The third-order valence-electron chi connectivity index (χ3n) is 10.8. The number of ether oxygens (including phenoxy) is 2. The summed E-state index contributed by atoms with van der Waals surface area (Å²) in [5, 5.41) is 22.5. The van der Waals surface area contributed by atoms with Crippen LogP contribution in [-0.4, -0.2) is 91.1 Å². The van der Waals surface area contributed by atoms with Gasteiger partial charge in [-0.2, -0.15) is 0 Å². The number of aliphatic hydroxyl groups excluding tert-OH is 1. The van der Waals surface area contributed by atoms with E-state index in [1.165, 1.54) is 4.90 Å². The highest BCUT2D eigenvalue weighted by atomic mass is 16.5. The first kappa shape index (κ1) is 36.7. The number of allylic oxidation sites excluding steroid dienone is 1. The second kappa shape index (κ2) is 15.7. The van der Waals surface area contributed by atoms with Crippen LogP contribution < -0.4 is 5.32 Å². The van der Waals surface area contributed by atoms with Gasteiger partial charge in [-0.15, -0.1) is 18.3 Å². The number of aromatic nitrogens is 3. The van der Waals surface area contributed by atoms with E-state index in [-0.39, 0.29) is 26.2 Å². The van der Waals surface area contributed by atoms with E-state index >= 15 is 4.79 Å². The van der Waals surface area contributed by atoms with Crippen molar-refractivity contribution >= 4 is 34.7 Å². The van der Waals surface area contributed by atoms with Crippen molar-refractivity contribution in [1.82, 2.24) is 30.1 Å². The molecule has 0 aliphatic carbocycles. The van der Waals surface area contributed by atoms with Crippen molar-refractivity contribution in [3.8, 4) is 0 Å². The van der Waals surface area contributed by atoms with Gasteiger partial charge >= 0.3 is 5.97 Å². The zero-order valence-corrected chi connectivity index (χ0v) is 29.9. The molecule has 3 aliphatic rings. The second-order valence-electron chi connectivity index (χ2n) is 14.0. The average molecular weight is 733 g/mol. The third-order valence-corrected chi connectivity index (χ3v) is 10.8. The topological polar surface area (TPSA) is 156 Å². The number of esters is 1. The number of likely N-dealkylation sites (tertiary alicyclic amines) is 1. The number of nitrogens with zero attached hydrogens (tertiary/aromatic N) is 5. The number of para-hydroxylation sites is 1. The maximum Gasteiger partial charge on any atom is 0.306 e. The maximum atomic E-state index is 15.1. The molecule has 13 nitrogen and oxygen atoms in total. The number of rotatable bonds is 16. The van der Waals surface area contributed by atoms with Gasteiger partial charge in [-0.25, -0.2) is 4.68 Å². The van der Waals surface area contributed by atoms with Crippen molar-refractivity contribution in [2.45, 2.75) is 62.2 Å². The summed E-state index contributed by atoms with van der Waals surface area (Å²) in [6.45, 7) is 7.10. The summed E-state index contributed by atoms with van der Waals surface area (Å²) in [6.07, 6.45) is 4.01. The van der Waals surface area contributed by atoms with E-state index < -0.39 is 72.0 Å². The lowest BCUT2D eigenvalue weighted by Crippen LogP contribution is -2.57. The van der Waals surface area contributed by atoms with E-state index in [1.807, 2.05) is 60.7 Å². The van der Waals surface area contributed by atoms with E-state index in [1.54, 1.807) is 46.0 Å². The van der Waals surface area contributed by atoms with Crippen LogP contribution in [-0.2, 0) is 35.3 Å². The molecule has 0 radical (unpaired) electrons. The monoisotopic (exact) mass is 732 g/mol. The zero-order chi connectivity index (χ0) is 37.8. The Morgan fingerprint density at radius 3 is 2.43 bits per heavy atom. The number of hydrogen-bond acceptors (Lipinski definition) is 9. The van der Waals surface area contributed by atoms with E-state index in [4.69, 9.17) is 9.47 Å². The first-order valence-corrected chi connectivity index (χ1v) is 18.3. The molecule has 1 aromatic heterocycles. The summed E-state index contributed by atoms with van der Waals surface area (Å²) in [7, 11) is 0. The summed E-state index contributed by atoms with van der Waals surface area (Å²) < 4.78 is 13.9.